The molecule has 1 unspecified atom stereocenters. The van der Waals surface area contributed by atoms with Gasteiger partial charge in [0.05, 0.1) is 11.9 Å². The average molecular weight is 259 g/mol. The van der Waals surface area contributed by atoms with Crippen molar-refractivity contribution >= 4 is 5.69 Å². The van der Waals surface area contributed by atoms with E-state index < -0.39 is 0 Å². The van der Waals surface area contributed by atoms with Crippen LogP contribution in [-0.2, 0) is 7.05 Å². The maximum atomic E-state index is 5.60. The predicted molar refractivity (Wildman–Crippen MR) is 72.7 cm³/mol. The lowest BCUT2D eigenvalue weighted by Gasteiger charge is -2.21. The highest BCUT2D eigenvalue weighted by Gasteiger charge is 2.14. The van der Waals surface area contributed by atoms with Gasteiger partial charge in [-0.15, -0.1) is 0 Å². The van der Waals surface area contributed by atoms with Gasteiger partial charge in [0.1, 0.15) is 13.2 Å². The smallest absolute Gasteiger partial charge is 0.161 e. The lowest BCUT2D eigenvalue weighted by atomic mass is 10.1. The Labute approximate surface area is 112 Å². The third-order valence-corrected chi connectivity index (χ3v) is 3.15. The van der Waals surface area contributed by atoms with Crippen molar-refractivity contribution in [2.45, 2.75) is 13.0 Å². The maximum Gasteiger partial charge on any atom is 0.161 e. The minimum absolute atomic E-state index is 0.181. The van der Waals surface area contributed by atoms with Gasteiger partial charge in [-0.25, -0.2) is 0 Å². The van der Waals surface area contributed by atoms with Crippen LogP contribution < -0.4 is 14.8 Å². The number of ether oxygens (including phenoxy) is 2. The first kappa shape index (κ1) is 11.9. The van der Waals surface area contributed by atoms with E-state index in [2.05, 4.69) is 23.4 Å². The van der Waals surface area contributed by atoms with Crippen molar-refractivity contribution in [3.8, 4) is 11.5 Å². The van der Waals surface area contributed by atoms with Crippen LogP contribution in [0.2, 0.25) is 0 Å². The number of anilines is 1. The molecule has 3 rings (SSSR count). The molecule has 2 heterocycles. The van der Waals surface area contributed by atoms with Crippen molar-refractivity contribution in [1.29, 1.82) is 0 Å². The van der Waals surface area contributed by atoms with Gasteiger partial charge in [-0.1, -0.05) is 6.07 Å². The number of nitrogens with zero attached hydrogens (tertiary/aromatic N) is 2. The van der Waals surface area contributed by atoms with Crippen molar-refractivity contribution in [3.05, 3.63) is 36.2 Å². The summed E-state index contributed by atoms with van der Waals surface area (Å²) in [4.78, 5) is 0. The van der Waals surface area contributed by atoms with E-state index >= 15 is 0 Å². The van der Waals surface area contributed by atoms with Crippen LogP contribution in [0.4, 0.5) is 5.69 Å². The minimum atomic E-state index is 0.181. The van der Waals surface area contributed by atoms with Gasteiger partial charge in [0, 0.05) is 19.3 Å². The fraction of sp³-hybridized carbons (Fsp3) is 0.357. The maximum absolute atomic E-state index is 5.60. The molecule has 1 atom stereocenters. The Hall–Kier alpha value is -2.17. The van der Waals surface area contributed by atoms with Gasteiger partial charge in [-0.2, -0.15) is 5.10 Å². The number of hydrogen-bond acceptors (Lipinski definition) is 4. The summed E-state index contributed by atoms with van der Waals surface area (Å²) >= 11 is 0. The Morgan fingerprint density at radius 1 is 1.26 bits per heavy atom. The molecule has 0 aliphatic carbocycles. The molecule has 5 heteroatoms. The molecule has 1 N–H and O–H groups in total. The zero-order valence-corrected chi connectivity index (χ0v) is 11.1. The summed E-state index contributed by atoms with van der Waals surface area (Å²) in [5, 5.41) is 7.55. The number of benzene rings is 1. The van der Waals surface area contributed by atoms with Crippen LogP contribution >= 0.6 is 0 Å². The Morgan fingerprint density at radius 2 is 2.05 bits per heavy atom. The standard InChI is InChI=1S/C14H17N3O2/c1-10(16-12-8-15-17(2)9-12)11-3-4-13-14(7-11)19-6-5-18-13/h3-4,7-10,16H,5-6H2,1-2H3. The lowest BCUT2D eigenvalue weighted by Crippen LogP contribution is -2.16. The van der Waals surface area contributed by atoms with Crippen molar-refractivity contribution in [3.63, 3.8) is 0 Å². The van der Waals surface area contributed by atoms with E-state index in [4.69, 9.17) is 9.47 Å². The van der Waals surface area contributed by atoms with E-state index in [0.717, 1.165) is 22.7 Å². The summed E-state index contributed by atoms with van der Waals surface area (Å²) in [6.45, 7) is 3.34. The molecule has 0 saturated carbocycles. The second kappa shape index (κ2) is 4.84. The Kier molecular flexibility index (Phi) is 3.03. The number of aromatic nitrogens is 2. The highest BCUT2D eigenvalue weighted by Crippen LogP contribution is 2.33. The molecule has 0 radical (unpaired) electrons. The van der Waals surface area contributed by atoms with Gasteiger partial charge in [-0.3, -0.25) is 4.68 Å². The number of aryl methyl sites for hydroxylation is 1. The first-order valence-electron chi connectivity index (χ1n) is 6.37. The predicted octanol–water partition coefficient (Wildman–Crippen LogP) is 2.36. The fourth-order valence-corrected chi connectivity index (χ4v) is 2.16. The zero-order chi connectivity index (χ0) is 13.2. The molecule has 2 aromatic rings. The number of rotatable bonds is 3. The molecular weight excluding hydrogens is 242 g/mol. The van der Waals surface area contributed by atoms with Crippen molar-refractivity contribution in [2.75, 3.05) is 18.5 Å². The highest BCUT2D eigenvalue weighted by atomic mass is 16.6. The second-order valence-electron chi connectivity index (χ2n) is 4.67. The fourth-order valence-electron chi connectivity index (χ4n) is 2.16. The number of fused-ring (bicyclic) bond motifs is 1. The molecular formula is C14H17N3O2. The lowest BCUT2D eigenvalue weighted by molar-refractivity contribution is 0.171. The average Bonchev–Trinajstić information content (AvgIpc) is 2.83. The van der Waals surface area contributed by atoms with Gasteiger partial charge in [0.25, 0.3) is 0 Å². The largest absolute Gasteiger partial charge is 0.486 e. The Bertz CT molecular complexity index is 580. The number of hydrogen-bond donors (Lipinski definition) is 1. The molecule has 19 heavy (non-hydrogen) atoms. The minimum Gasteiger partial charge on any atom is -0.486 e. The summed E-state index contributed by atoms with van der Waals surface area (Å²) < 4.78 is 12.9. The number of nitrogens with one attached hydrogen (secondary N) is 1. The molecule has 5 nitrogen and oxygen atoms in total. The monoisotopic (exact) mass is 259 g/mol. The summed E-state index contributed by atoms with van der Waals surface area (Å²) in [5.74, 6) is 1.65. The molecule has 1 aliphatic heterocycles. The highest BCUT2D eigenvalue weighted by molar-refractivity contribution is 5.47. The Morgan fingerprint density at radius 3 is 2.79 bits per heavy atom. The van der Waals surface area contributed by atoms with Crippen LogP contribution in [0.1, 0.15) is 18.5 Å². The normalized spacial score (nSPS) is 15.1. The van der Waals surface area contributed by atoms with Crippen molar-refractivity contribution in [1.82, 2.24) is 9.78 Å². The van der Waals surface area contributed by atoms with E-state index in [1.807, 2.05) is 31.6 Å². The van der Waals surface area contributed by atoms with Gasteiger partial charge in [0.15, 0.2) is 11.5 Å². The molecule has 0 saturated heterocycles. The quantitative estimate of drug-likeness (QED) is 0.919. The molecule has 100 valence electrons. The van der Waals surface area contributed by atoms with Gasteiger partial charge in [0.2, 0.25) is 0 Å². The molecule has 0 fully saturated rings. The van der Waals surface area contributed by atoms with Crippen LogP contribution in [0.3, 0.4) is 0 Å². The molecule has 0 bridgehead atoms. The van der Waals surface area contributed by atoms with Crippen LogP contribution in [-0.4, -0.2) is 23.0 Å². The van der Waals surface area contributed by atoms with E-state index in [1.54, 1.807) is 4.68 Å². The molecule has 1 aliphatic rings. The molecule has 1 aromatic heterocycles. The van der Waals surface area contributed by atoms with Crippen LogP contribution in [0.5, 0.6) is 11.5 Å². The first-order chi connectivity index (χ1) is 9.22. The van der Waals surface area contributed by atoms with Crippen molar-refractivity contribution < 1.29 is 9.47 Å². The molecule has 0 spiro atoms. The molecule has 0 amide bonds. The topological polar surface area (TPSA) is 48.3 Å². The summed E-state index contributed by atoms with van der Waals surface area (Å²) in [6.07, 6.45) is 3.77. The third-order valence-electron chi connectivity index (χ3n) is 3.15. The van der Waals surface area contributed by atoms with Gasteiger partial charge < -0.3 is 14.8 Å². The second-order valence-corrected chi connectivity index (χ2v) is 4.67. The van der Waals surface area contributed by atoms with E-state index in [-0.39, 0.29) is 6.04 Å². The Balaban J connectivity index is 1.77. The van der Waals surface area contributed by atoms with Crippen LogP contribution in [0.25, 0.3) is 0 Å². The van der Waals surface area contributed by atoms with Crippen LogP contribution in [0.15, 0.2) is 30.6 Å². The first-order valence-corrected chi connectivity index (χ1v) is 6.37. The van der Waals surface area contributed by atoms with E-state index in [1.165, 1.54) is 0 Å². The summed E-state index contributed by atoms with van der Waals surface area (Å²) in [7, 11) is 1.90. The van der Waals surface area contributed by atoms with E-state index in [9.17, 15) is 0 Å². The van der Waals surface area contributed by atoms with E-state index in [0.29, 0.717) is 13.2 Å². The SMILES string of the molecule is CC(Nc1cnn(C)c1)c1ccc2c(c1)OCCO2. The summed E-state index contributed by atoms with van der Waals surface area (Å²) in [5.41, 5.74) is 2.16. The van der Waals surface area contributed by atoms with Gasteiger partial charge in [-0.05, 0) is 24.6 Å². The van der Waals surface area contributed by atoms with Crippen LogP contribution in [0, 0.1) is 0 Å². The summed E-state index contributed by atoms with van der Waals surface area (Å²) in [6, 6.07) is 6.23. The van der Waals surface area contributed by atoms with Gasteiger partial charge >= 0.3 is 0 Å². The molecule has 1 aromatic carbocycles. The third kappa shape index (κ3) is 2.50. The zero-order valence-electron chi connectivity index (χ0n) is 11.1. The van der Waals surface area contributed by atoms with Crippen molar-refractivity contribution in [2.24, 2.45) is 7.05 Å².